The number of nitrogens with two attached hydrogens (primary N) is 1. The molecule has 41 heavy (non-hydrogen) atoms. The second-order valence-electron chi connectivity index (χ2n) is 11.2. The minimum absolute atomic E-state index is 0.0225. The first kappa shape index (κ1) is 26.9. The molecule has 0 unspecified atom stereocenters. The van der Waals surface area contributed by atoms with Crippen molar-refractivity contribution in [3.05, 3.63) is 88.7 Å². The summed E-state index contributed by atoms with van der Waals surface area (Å²) in [5.41, 5.74) is 9.40. The van der Waals surface area contributed by atoms with Gasteiger partial charge in [-0.1, -0.05) is 24.3 Å². The van der Waals surface area contributed by atoms with Gasteiger partial charge in [-0.15, -0.1) is 5.10 Å². The predicted molar refractivity (Wildman–Crippen MR) is 153 cm³/mol. The number of rotatable bonds is 9. The van der Waals surface area contributed by atoms with Crippen LogP contribution < -0.4 is 20.5 Å². The van der Waals surface area contributed by atoms with Crippen LogP contribution in [0.4, 0.5) is 14.7 Å². The number of benzene rings is 3. The monoisotopic (exact) mass is 558 g/mol. The van der Waals surface area contributed by atoms with Crippen LogP contribution in [0.25, 0.3) is 16.6 Å². The minimum atomic E-state index is -0.761. The zero-order valence-electron chi connectivity index (χ0n) is 23.4. The molecular weight excluding hydrogens is 526 g/mol. The fraction of sp³-hybridized carbons (Fsp3) is 0.323. The van der Waals surface area contributed by atoms with Crippen molar-refractivity contribution in [1.29, 1.82) is 0 Å². The highest BCUT2D eigenvalue weighted by Gasteiger charge is 2.39. The van der Waals surface area contributed by atoms with Crippen molar-refractivity contribution in [2.24, 2.45) is 11.7 Å². The molecule has 1 saturated carbocycles. The third-order valence-corrected chi connectivity index (χ3v) is 7.72. The standard InChI is InChI=1S/C31H32F2N6O2/c1-31(2,34)20-8-5-17(6-9-20)23-11-19(23)12-27-36-29-24-13-21(32)14-25(33)28(24)37-30(39(29)38-27)35-16-18-7-10-22(40-3)15-26(18)41-4/h5-10,13-15,19,23H,11-12,16,34H2,1-4H3,(H,35,37)/t19-,23-/m1/s1. The van der Waals surface area contributed by atoms with Gasteiger partial charge in [0.2, 0.25) is 5.95 Å². The Morgan fingerprint density at radius 3 is 2.51 bits per heavy atom. The van der Waals surface area contributed by atoms with Gasteiger partial charge in [-0.25, -0.2) is 18.7 Å². The molecule has 0 amide bonds. The lowest BCUT2D eigenvalue weighted by Crippen LogP contribution is -2.28. The first-order valence-corrected chi connectivity index (χ1v) is 13.5. The van der Waals surface area contributed by atoms with Crippen molar-refractivity contribution in [3.63, 3.8) is 0 Å². The Balaban J connectivity index is 1.30. The summed E-state index contributed by atoms with van der Waals surface area (Å²) in [6.07, 6.45) is 1.66. The lowest BCUT2D eigenvalue weighted by molar-refractivity contribution is 0.391. The third-order valence-electron chi connectivity index (χ3n) is 7.72. The van der Waals surface area contributed by atoms with E-state index < -0.39 is 11.6 Å². The van der Waals surface area contributed by atoms with E-state index >= 15 is 0 Å². The molecule has 1 fully saturated rings. The van der Waals surface area contributed by atoms with Crippen molar-refractivity contribution in [2.75, 3.05) is 19.5 Å². The van der Waals surface area contributed by atoms with Crippen molar-refractivity contribution in [3.8, 4) is 11.5 Å². The molecule has 2 heterocycles. The van der Waals surface area contributed by atoms with Crippen LogP contribution in [0.1, 0.15) is 48.7 Å². The van der Waals surface area contributed by atoms with Crippen LogP contribution in [0.3, 0.4) is 0 Å². The van der Waals surface area contributed by atoms with Crippen molar-refractivity contribution < 1.29 is 18.3 Å². The molecule has 0 radical (unpaired) electrons. The van der Waals surface area contributed by atoms with Crippen molar-refractivity contribution >= 4 is 22.5 Å². The molecule has 0 aliphatic heterocycles. The molecule has 212 valence electrons. The summed E-state index contributed by atoms with van der Waals surface area (Å²) < 4.78 is 41.4. The van der Waals surface area contributed by atoms with Crippen molar-refractivity contribution in [2.45, 2.75) is 44.7 Å². The quantitative estimate of drug-likeness (QED) is 0.239. The summed E-state index contributed by atoms with van der Waals surface area (Å²) in [5, 5.41) is 8.23. The van der Waals surface area contributed by atoms with Crippen LogP contribution in [0.15, 0.2) is 54.6 Å². The van der Waals surface area contributed by atoms with Gasteiger partial charge >= 0.3 is 0 Å². The summed E-state index contributed by atoms with van der Waals surface area (Å²) in [6.45, 7) is 4.30. The van der Waals surface area contributed by atoms with E-state index in [1.165, 1.54) is 16.1 Å². The number of nitrogens with one attached hydrogen (secondary N) is 1. The van der Waals surface area contributed by atoms with Gasteiger partial charge in [-0.05, 0) is 61.4 Å². The summed E-state index contributed by atoms with van der Waals surface area (Å²) in [5.74, 6) is 1.51. The summed E-state index contributed by atoms with van der Waals surface area (Å²) in [4.78, 5) is 9.21. The Hall–Kier alpha value is -4.31. The SMILES string of the molecule is COc1ccc(CNc2nc3c(F)cc(F)cc3c3nc(C[C@H]4C[C@@H]4c4ccc(C(C)(C)N)cc4)nn23)c(OC)c1. The van der Waals surface area contributed by atoms with Crippen LogP contribution in [0.5, 0.6) is 11.5 Å². The molecule has 8 nitrogen and oxygen atoms in total. The minimum Gasteiger partial charge on any atom is -0.497 e. The highest BCUT2D eigenvalue weighted by molar-refractivity contribution is 5.92. The van der Waals surface area contributed by atoms with Gasteiger partial charge in [0.1, 0.15) is 22.8 Å². The van der Waals surface area contributed by atoms with Crippen LogP contribution in [0, 0.1) is 17.6 Å². The van der Waals surface area contributed by atoms with Crippen molar-refractivity contribution in [1.82, 2.24) is 19.6 Å². The highest BCUT2D eigenvalue weighted by atomic mass is 19.1. The molecule has 10 heteroatoms. The van der Waals surface area contributed by atoms with E-state index in [1.807, 2.05) is 26.0 Å². The molecule has 6 rings (SSSR count). The lowest BCUT2D eigenvalue weighted by atomic mass is 9.94. The molecule has 5 aromatic rings. The number of hydrogen-bond donors (Lipinski definition) is 2. The first-order valence-electron chi connectivity index (χ1n) is 13.5. The van der Waals surface area contributed by atoms with Gasteiger partial charge < -0.3 is 20.5 Å². The number of anilines is 1. The second kappa shape index (κ2) is 10.3. The van der Waals surface area contributed by atoms with E-state index in [1.54, 1.807) is 20.3 Å². The average molecular weight is 559 g/mol. The molecule has 0 spiro atoms. The number of halogens is 2. The van der Waals surface area contributed by atoms with Gasteiger partial charge in [-0.3, -0.25) is 0 Å². The highest BCUT2D eigenvalue weighted by Crippen LogP contribution is 2.49. The summed E-state index contributed by atoms with van der Waals surface area (Å²) in [6, 6.07) is 16.0. The maximum Gasteiger partial charge on any atom is 0.226 e. The number of nitrogens with zero attached hydrogens (tertiary/aromatic N) is 4. The van der Waals surface area contributed by atoms with Crippen LogP contribution in [0.2, 0.25) is 0 Å². The molecule has 3 N–H and O–H groups in total. The summed E-state index contributed by atoms with van der Waals surface area (Å²) >= 11 is 0. The molecule has 3 aromatic carbocycles. The number of aromatic nitrogens is 4. The Morgan fingerprint density at radius 1 is 1.02 bits per heavy atom. The molecule has 2 aromatic heterocycles. The first-order chi connectivity index (χ1) is 19.6. The average Bonchev–Trinajstić information content (AvgIpc) is 3.58. The third kappa shape index (κ3) is 5.27. The number of fused-ring (bicyclic) bond motifs is 3. The maximum absolute atomic E-state index is 14.9. The molecule has 2 atom stereocenters. The Labute approximate surface area is 236 Å². The lowest BCUT2D eigenvalue weighted by Gasteiger charge is -2.19. The predicted octanol–water partition coefficient (Wildman–Crippen LogP) is 5.73. The smallest absolute Gasteiger partial charge is 0.226 e. The maximum atomic E-state index is 14.9. The second-order valence-corrected chi connectivity index (χ2v) is 11.2. The molecule has 1 aliphatic rings. The number of ether oxygens (including phenoxy) is 2. The fourth-order valence-electron chi connectivity index (χ4n) is 5.33. The van der Waals surface area contributed by atoms with Gasteiger partial charge in [0.25, 0.3) is 0 Å². The molecular formula is C31H32F2N6O2. The van der Waals surface area contributed by atoms with Crippen LogP contribution in [-0.4, -0.2) is 33.8 Å². The Kier molecular flexibility index (Phi) is 6.73. The zero-order chi connectivity index (χ0) is 28.9. The largest absolute Gasteiger partial charge is 0.497 e. The van der Waals surface area contributed by atoms with Crippen LogP contribution >= 0.6 is 0 Å². The Morgan fingerprint density at radius 2 is 1.80 bits per heavy atom. The Bertz CT molecular complexity index is 1750. The molecule has 0 bridgehead atoms. The van der Waals surface area contributed by atoms with Crippen LogP contribution in [-0.2, 0) is 18.5 Å². The van der Waals surface area contributed by atoms with E-state index in [9.17, 15) is 8.78 Å². The van der Waals surface area contributed by atoms with E-state index in [4.69, 9.17) is 25.3 Å². The molecule has 1 aliphatic carbocycles. The summed E-state index contributed by atoms with van der Waals surface area (Å²) in [7, 11) is 3.17. The van der Waals surface area contributed by atoms with Gasteiger partial charge in [0.15, 0.2) is 17.3 Å². The van der Waals surface area contributed by atoms with Gasteiger partial charge in [-0.2, -0.15) is 4.52 Å². The molecule has 0 saturated heterocycles. The zero-order valence-corrected chi connectivity index (χ0v) is 23.4. The number of methoxy groups -OCH3 is 2. The van der Waals surface area contributed by atoms with E-state index in [0.717, 1.165) is 23.6 Å². The van der Waals surface area contributed by atoms with Gasteiger partial charge in [0.05, 0.1) is 19.6 Å². The topological polar surface area (TPSA) is 99.6 Å². The van der Waals surface area contributed by atoms with Gasteiger partial charge in [0, 0.05) is 36.2 Å². The van der Waals surface area contributed by atoms with E-state index in [2.05, 4.69) is 34.6 Å². The number of hydrogen-bond acceptors (Lipinski definition) is 7. The van der Waals surface area contributed by atoms with E-state index in [-0.39, 0.29) is 16.4 Å². The normalized spacial score (nSPS) is 16.8. The van der Waals surface area contributed by atoms with E-state index in [0.29, 0.717) is 53.7 Å². The fourth-order valence-corrected chi connectivity index (χ4v) is 5.33.